The number of hydrogen-bond acceptors (Lipinski definition) is 6. The number of rotatable bonds is 6. The van der Waals surface area contributed by atoms with E-state index in [0.717, 1.165) is 51.1 Å². The first kappa shape index (κ1) is 19.2. The molecule has 0 spiro atoms. The smallest absolute Gasteiger partial charge is 0.181 e. The van der Waals surface area contributed by atoms with Crippen LogP contribution in [0.3, 0.4) is 0 Å². The van der Waals surface area contributed by atoms with Crippen LogP contribution in [0.15, 0.2) is 48.9 Å². The molecule has 0 aliphatic rings. The largest absolute Gasteiger partial charge is 0.497 e. The number of ether oxygens (including phenoxy) is 1. The Morgan fingerprint density at radius 1 is 1.06 bits per heavy atom. The maximum atomic E-state index is 5.31. The molecule has 8 heteroatoms. The number of nitrogens with zero attached hydrogens (tertiary/aromatic N) is 4. The maximum absolute atomic E-state index is 5.31. The minimum atomic E-state index is 0.416. The first-order valence-corrected chi connectivity index (χ1v) is 10.2. The van der Waals surface area contributed by atoms with Gasteiger partial charge in [-0.15, -0.1) is 0 Å². The third-order valence-electron chi connectivity index (χ3n) is 5.18. The molecule has 0 bridgehead atoms. The summed E-state index contributed by atoms with van der Waals surface area (Å²) in [7, 11) is 1.65. The molecule has 0 amide bonds. The molecule has 31 heavy (non-hydrogen) atoms. The monoisotopic (exact) mass is 413 g/mol. The summed E-state index contributed by atoms with van der Waals surface area (Å²) in [4.78, 5) is 17.0. The summed E-state index contributed by atoms with van der Waals surface area (Å²) in [6.07, 6.45) is 5.57. The second-order valence-electron chi connectivity index (χ2n) is 7.78. The van der Waals surface area contributed by atoms with Crippen LogP contribution in [0.1, 0.15) is 19.4 Å². The Kier molecular flexibility index (Phi) is 4.83. The number of fused-ring (bicyclic) bond motifs is 2. The van der Waals surface area contributed by atoms with Crippen molar-refractivity contribution >= 4 is 22.1 Å². The Bertz CT molecular complexity index is 1370. The van der Waals surface area contributed by atoms with E-state index in [0.29, 0.717) is 17.5 Å². The zero-order chi connectivity index (χ0) is 21.4. The second-order valence-corrected chi connectivity index (χ2v) is 7.78. The fourth-order valence-corrected chi connectivity index (χ4v) is 3.54. The SMILES string of the molecule is COc1ccc2nc(-c3[nH]nc4ncc(-c5cncc(CNC(C)C)c5)cc34)[nH]c2c1. The van der Waals surface area contributed by atoms with Gasteiger partial charge in [-0.1, -0.05) is 13.8 Å². The van der Waals surface area contributed by atoms with Gasteiger partial charge in [0.25, 0.3) is 0 Å². The van der Waals surface area contributed by atoms with E-state index in [9.17, 15) is 0 Å². The number of H-pyrrole nitrogens is 2. The molecule has 1 aromatic carbocycles. The van der Waals surface area contributed by atoms with E-state index >= 15 is 0 Å². The lowest BCUT2D eigenvalue weighted by Crippen LogP contribution is -2.21. The lowest BCUT2D eigenvalue weighted by atomic mass is 10.1. The average Bonchev–Trinajstić information content (AvgIpc) is 3.40. The average molecular weight is 413 g/mol. The molecule has 4 aromatic heterocycles. The van der Waals surface area contributed by atoms with Crippen LogP contribution in [-0.4, -0.2) is 43.3 Å². The predicted octanol–water partition coefficient (Wildman–Crippen LogP) is 4.07. The summed E-state index contributed by atoms with van der Waals surface area (Å²) in [6.45, 7) is 5.03. The van der Waals surface area contributed by atoms with Gasteiger partial charge in [0.1, 0.15) is 11.4 Å². The molecule has 5 aromatic rings. The molecule has 5 rings (SSSR count). The van der Waals surface area contributed by atoms with Gasteiger partial charge in [-0.2, -0.15) is 5.10 Å². The van der Waals surface area contributed by atoms with E-state index in [2.05, 4.69) is 56.4 Å². The van der Waals surface area contributed by atoms with Crippen LogP contribution < -0.4 is 10.1 Å². The molecule has 4 heterocycles. The predicted molar refractivity (Wildman–Crippen MR) is 121 cm³/mol. The number of hydrogen-bond donors (Lipinski definition) is 3. The topological polar surface area (TPSA) is 104 Å². The van der Waals surface area contributed by atoms with Gasteiger partial charge in [-0.25, -0.2) is 9.97 Å². The van der Waals surface area contributed by atoms with Crippen LogP contribution in [0, 0.1) is 0 Å². The lowest BCUT2D eigenvalue weighted by molar-refractivity contribution is 0.415. The van der Waals surface area contributed by atoms with E-state index in [4.69, 9.17) is 9.72 Å². The van der Waals surface area contributed by atoms with E-state index < -0.39 is 0 Å². The third kappa shape index (κ3) is 3.73. The quantitative estimate of drug-likeness (QED) is 0.388. The molecule has 0 aliphatic heterocycles. The van der Waals surface area contributed by atoms with Gasteiger partial charge in [-0.05, 0) is 29.8 Å². The summed E-state index contributed by atoms with van der Waals surface area (Å²) in [5.74, 6) is 1.48. The molecule has 8 nitrogen and oxygen atoms in total. The highest BCUT2D eigenvalue weighted by atomic mass is 16.5. The van der Waals surface area contributed by atoms with Crippen LogP contribution in [0.25, 0.3) is 44.7 Å². The fraction of sp³-hybridized carbons (Fsp3) is 0.217. The van der Waals surface area contributed by atoms with Crippen LogP contribution in [0.2, 0.25) is 0 Å². The van der Waals surface area contributed by atoms with Gasteiger partial charge >= 0.3 is 0 Å². The van der Waals surface area contributed by atoms with Gasteiger partial charge in [0.2, 0.25) is 0 Å². The number of pyridine rings is 2. The van der Waals surface area contributed by atoms with Crippen molar-refractivity contribution in [1.82, 2.24) is 35.5 Å². The summed E-state index contributed by atoms with van der Waals surface area (Å²) in [5, 5.41) is 11.8. The van der Waals surface area contributed by atoms with Crippen molar-refractivity contribution in [1.29, 1.82) is 0 Å². The number of aromatic amines is 2. The number of aromatic nitrogens is 6. The van der Waals surface area contributed by atoms with Crippen molar-refractivity contribution in [3.05, 3.63) is 54.5 Å². The molecule has 0 unspecified atom stereocenters. The number of benzene rings is 1. The minimum Gasteiger partial charge on any atom is -0.497 e. The highest BCUT2D eigenvalue weighted by Crippen LogP contribution is 2.30. The fourth-order valence-electron chi connectivity index (χ4n) is 3.54. The molecule has 0 aliphatic carbocycles. The zero-order valence-corrected chi connectivity index (χ0v) is 17.6. The maximum Gasteiger partial charge on any atom is 0.181 e. The Labute approximate surface area is 179 Å². The molecular weight excluding hydrogens is 390 g/mol. The normalized spacial score (nSPS) is 11.6. The molecule has 0 saturated carbocycles. The Balaban J connectivity index is 1.54. The van der Waals surface area contributed by atoms with Crippen molar-refractivity contribution in [2.24, 2.45) is 0 Å². The van der Waals surface area contributed by atoms with Gasteiger partial charge in [0.05, 0.1) is 23.5 Å². The Morgan fingerprint density at radius 2 is 1.94 bits per heavy atom. The van der Waals surface area contributed by atoms with Crippen LogP contribution >= 0.6 is 0 Å². The first-order valence-electron chi connectivity index (χ1n) is 10.2. The Hall–Kier alpha value is -3.78. The summed E-state index contributed by atoms with van der Waals surface area (Å²) in [6, 6.07) is 10.4. The van der Waals surface area contributed by atoms with Crippen molar-refractivity contribution in [2.75, 3.05) is 7.11 Å². The second kappa shape index (κ2) is 7.81. The summed E-state index contributed by atoms with van der Waals surface area (Å²) >= 11 is 0. The molecular formula is C23H23N7O. The number of imidazole rings is 1. The van der Waals surface area contributed by atoms with Crippen molar-refractivity contribution in [2.45, 2.75) is 26.4 Å². The molecule has 0 fully saturated rings. The number of methoxy groups -OCH3 is 1. The third-order valence-corrected chi connectivity index (χ3v) is 5.18. The van der Waals surface area contributed by atoms with E-state index in [1.54, 1.807) is 7.11 Å². The highest BCUT2D eigenvalue weighted by Gasteiger charge is 2.14. The van der Waals surface area contributed by atoms with E-state index in [1.807, 2.05) is 36.8 Å². The van der Waals surface area contributed by atoms with Crippen molar-refractivity contribution in [3.8, 4) is 28.4 Å². The molecule has 0 saturated heterocycles. The molecule has 0 atom stereocenters. The van der Waals surface area contributed by atoms with Gasteiger partial charge in [0, 0.05) is 48.4 Å². The zero-order valence-electron chi connectivity index (χ0n) is 17.6. The van der Waals surface area contributed by atoms with Gasteiger partial charge in [-0.3, -0.25) is 10.1 Å². The first-order chi connectivity index (χ1) is 15.1. The summed E-state index contributed by atoms with van der Waals surface area (Å²) < 4.78 is 5.31. The Morgan fingerprint density at radius 3 is 2.77 bits per heavy atom. The van der Waals surface area contributed by atoms with Crippen molar-refractivity contribution < 1.29 is 4.74 Å². The van der Waals surface area contributed by atoms with Gasteiger partial charge in [0.15, 0.2) is 11.5 Å². The minimum absolute atomic E-state index is 0.416. The summed E-state index contributed by atoms with van der Waals surface area (Å²) in [5.41, 5.74) is 6.32. The molecule has 0 radical (unpaired) electrons. The van der Waals surface area contributed by atoms with Crippen LogP contribution in [0.4, 0.5) is 0 Å². The molecule has 3 N–H and O–H groups in total. The highest BCUT2D eigenvalue weighted by molar-refractivity contribution is 5.93. The van der Waals surface area contributed by atoms with Gasteiger partial charge < -0.3 is 15.0 Å². The standard InChI is InChI=1S/C23H23N7O/c1-13(2)25-10-14-6-15(11-24-9-14)16-7-18-21(29-30-22(18)26-12-16)23-27-19-5-4-17(31-3)8-20(19)28-23/h4-9,11-13,25H,10H2,1-3H3,(H,27,28)(H,26,29,30). The van der Waals surface area contributed by atoms with E-state index in [-0.39, 0.29) is 0 Å². The van der Waals surface area contributed by atoms with Crippen molar-refractivity contribution in [3.63, 3.8) is 0 Å². The van der Waals surface area contributed by atoms with Crippen LogP contribution in [0.5, 0.6) is 5.75 Å². The number of nitrogens with one attached hydrogen (secondary N) is 3. The van der Waals surface area contributed by atoms with E-state index in [1.165, 1.54) is 0 Å². The lowest BCUT2D eigenvalue weighted by Gasteiger charge is -2.09. The molecule has 156 valence electrons. The van der Waals surface area contributed by atoms with Crippen LogP contribution in [-0.2, 0) is 6.54 Å².